The molecule has 7 heteroatoms. The lowest BCUT2D eigenvalue weighted by Crippen LogP contribution is -2.26. The molecule has 0 amide bonds. The van der Waals surface area contributed by atoms with Gasteiger partial charge in [0.15, 0.2) is 0 Å². The standard InChI is InChI=1S/C17H20ClN5O/c1-3-5-14-11-16(23-17(21-14)19-12-20-23)22(2)8-9-24-15-7-4-6-13(18)10-15/h4,6-7,10-12H,3,5,8-9H2,1-2H3. The van der Waals surface area contributed by atoms with Gasteiger partial charge in [-0.1, -0.05) is 31.0 Å². The van der Waals surface area contributed by atoms with Crippen molar-refractivity contribution >= 4 is 23.2 Å². The van der Waals surface area contributed by atoms with Crippen molar-refractivity contribution in [3.05, 3.63) is 47.4 Å². The lowest BCUT2D eigenvalue weighted by atomic mass is 10.2. The minimum absolute atomic E-state index is 0.540. The summed E-state index contributed by atoms with van der Waals surface area (Å²) in [5.41, 5.74) is 1.02. The number of aromatic nitrogens is 4. The lowest BCUT2D eigenvalue weighted by molar-refractivity contribution is 0.325. The summed E-state index contributed by atoms with van der Waals surface area (Å²) in [6.07, 6.45) is 3.49. The number of ether oxygens (including phenoxy) is 1. The fourth-order valence-electron chi connectivity index (χ4n) is 2.47. The maximum absolute atomic E-state index is 5.97. The average molecular weight is 346 g/mol. The molecular weight excluding hydrogens is 326 g/mol. The van der Waals surface area contributed by atoms with Gasteiger partial charge in [0.1, 0.15) is 24.5 Å². The molecule has 3 rings (SSSR count). The van der Waals surface area contributed by atoms with Gasteiger partial charge in [-0.25, -0.2) is 4.98 Å². The molecule has 24 heavy (non-hydrogen) atoms. The highest BCUT2D eigenvalue weighted by atomic mass is 35.5. The molecule has 2 aromatic heterocycles. The van der Waals surface area contributed by atoms with Crippen LogP contribution in [0.4, 0.5) is 5.82 Å². The Labute approximate surface area is 146 Å². The predicted molar refractivity (Wildman–Crippen MR) is 95.0 cm³/mol. The van der Waals surface area contributed by atoms with Crippen molar-refractivity contribution in [3.63, 3.8) is 0 Å². The van der Waals surface area contributed by atoms with Crippen molar-refractivity contribution < 1.29 is 4.74 Å². The van der Waals surface area contributed by atoms with E-state index in [1.807, 2.05) is 31.3 Å². The maximum atomic E-state index is 5.97. The zero-order valence-corrected chi connectivity index (χ0v) is 14.6. The van der Waals surface area contributed by atoms with Crippen molar-refractivity contribution in [2.75, 3.05) is 25.1 Å². The van der Waals surface area contributed by atoms with Gasteiger partial charge in [0, 0.05) is 23.8 Å². The van der Waals surface area contributed by atoms with Crippen LogP contribution in [0.3, 0.4) is 0 Å². The van der Waals surface area contributed by atoms with Gasteiger partial charge in [0.25, 0.3) is 5.78 Å². The van der Waals surface area contributed by atoms with Crippen LogP contribution in [0.25, 0.3) is 5.78 Å². The van der Waals surface area contributed by atoms with Crippen molar-refractivity contribution in [1.29, 1.82) is 0 Å². The number of hydrogen-bond donors (Lipinski definition) is 0. The van der Waals surface area contributed by atoms with Gasteiger partial charge < -0.3 is 9.64 Å². The van der Waals surface area contributed by atoms with Crippen LogP contribution in [0.1, 0.15) is 19.0 Å². The fraction of sp³-hybridized carbons (Fsp3) is 0.353. The zero-order chi connectivity index (χ0) is 16.9. The summed E-state index contributed by atoms with van der Waals surface area (Å²) in [4.78, 5) is 10.8. The number of benzene rings is 1. The second-order valence-electron chi connectivity index (χ2n) is 5.55. The van der Waals surface area contributed by atoms with E-state index in [0.717, 1.165) is 30.1 Å². The topological polar surface area (TPSA) is 55.6 Å². The average Bonchev–Trinajstić information content (AvgIpc) is 3.03. The molecule has 0 bridgehead atoms. The van der Waals surface area contributed by atoms with Gasteiger partial charge in [-0.2, -0.15) is 14.6 Å². The third-order valence-corrected chi connectivity index (χ3v) is 3.91. The van der Waals surface area contributed by atoms with Crippen LogP contribution in [0.15, 0.2) is 36.7 Å². The Morgan fingerprint density at radius 3 is 2.96 bits per heavy atom. The van der Waals surface area contributed by atoms with Crippen LogP contribution in [0.2, 0.25) is 5.02 Å². The third kappa shape index (κ3) is 3.76. The Balaban J connectivity index is 1.71. The van der Waals surface area contributed by atoms with Crippen LogP contribution < -0.4 is 9.64 Å². The molecule has 0 fully saturated rings. The van der Waals surface area contributed by atoms with Crippen molar-refractivity contribution in [2.24, 2.45) is 0 Å². The lowest BCUT2D eigenvalue weighted by Gasteiger charge is -2.20. The number of aryl methyl sites for hydroxylation is 1. The van der Waals surface area contributed by atoms with Gasteiger partial charge in [-0.3, -0.25) is 0 Å². The minimum Gasteiger partial charge on any atom is -0.492 e. The van der Waals surface area contributed by atoms with E-state index in [9.17, 15) is 0 Å². The first-order chi connectivity index (χ1) is 11.7. The first-order valence-corrected chi connectivity index (χ1v) is 8.34. The zero-order valence-electron chi connectivity index (χ0n) is 13.8. The predicted octanol–water partition coefficient (Wildman–Crippen LogP) is 3.25. The summed E-state index contributed by atoms with van der Waals surface area (Å²) < 4.78 is 7.51. The van der Waals surface area contributed by atoms with E-state index >= 15 is 0 Å². The number of fused-ring (bicyclic) bond motifs is 1. The number of nitrogens with zero attached hydrogens (tertiary/aromatic N) is 5. The molecular formula is C17H20ClN5O. The normalized spacial score (nSPS) is 11.0. The van der Waals surface area contributed by atoms with Crippen LogP contribution in [0.5, 0.6) is 5.75 Å². The monoisotopic (exact) mass is 345 g/mol. The number of rotatable bonds is 7. The summed E-state index contributed by atoms with van der Waals surface area (Å²) in [5.74, 6) is 2.34. The summed E-state index contributed by atoms with van der Waals surface area (Å²) in [7, 11) is 2.01. The molecule has 0 N–H and O–H groups in total. The second-order valence-corrected chi connectivity index (χ2v) is 5.99. The molecule has 0 radical (unpaired) electrons. The molecule has 2 heterocycles. The molecule has 0 aliphatic heterocycles. The largest absolute Gasteiger partial charge is 0.492 e. The Hall–Kier alpha value is -2.34. The molecule has 0 saturated heterocycles. The highest BCUT2D eigenvalue weighted by Gasteiger charge is 2.11. The molecule has 0 spiro atoms. The molecule has 0 aliphatic carbocycles. The third-order valence-electron chi connectivity index (χ3n) is 3.67. The van der Waals surface area contributed by atoms with Crippen LogP contribution in [-0.4, -0.2) is 39.8 Å². The van der Waals surface area contributed by atoms with Crippen LogP contribution in [-0.2, 0) is 6.42 Å². The summed E-state index contributed by atoms with van der Waals surface area (Å²) in [6.45, 7) is 3.38. The quantitative estimate of drug-likeness (QED) is 0.658. The summed E-state index contributed by atoms with van der Waals surface area (Å²) in [6, 6.07) is 9.47. The first-order valence-electron chi connectivity index (χ1n) is 7.96. The minimum atomic E-state index is 0.540. The van der Waals surface area contributed by atoms with E-state index in [4.69, 9.17) is 16.3 Å². The molecule has 0 saturated carbocycles. The first kappa shape index (κ1) is 16.5. The maximum Gasteiger partial charge on any atom is 0.254 e. The Kier molecular flexibility index (Phi) is 5.15. The van der Waals surface area contributed by atoms with Gasteiger partial charge in [0.05, 0.1) is 6.54 Å². The second kappa shape index (κ2) is 7.49. The number of anilines is 1. The van der Waals surface area contributed by atoms with E-state index in [2.05, 4.69) is 33.0 Å². The van der Waals surface area contributed by atoms with Gasteiger partial charge in [-0.15, -0.1) is 0 Å². The van der Waals surface area contributed by atoms with Crippen molar-refractivity contribution in [1.82, 2.24) is 19.6 Å². The molecule has 6 nitrogen and oxygen atoms in total. The summed E-state index contributed by atoms with van der Waals surface area (Å²) >= 11 is 5.97. The van der Waals surface area contributed by atoms with Gasteiger partial charge in [0.2, 0.25) is 0 Å². The Bertz CT molecular complexity index is 820. The van der Waals surface area contributed by atoms with E-state index in [1.54, 1.807) is 4.52 Å². The number of likely N-dealkylation sites (N-methyl/N-ethyl adjacent to an activating group) is 1. The molecule has 3 aromatic rings. The van der Waals surface area contributed by atoms with Gasteiger partial charge >= 0.3 is 0 Å². The van der Waals surface area contributed by atoms with Crippen molar-refractivity contribution in [3.8, 4) is 5.75 Å². The number of hydrogen-bond acceptors (Lipinski definition) is 5. The Morgan fingerprint density at radius 1 is 1.29 bits per heavy atom. The van der Waals surface area contributed by atoms with Crippen LogP contribution >= 0.6 is 11.6 Å². The van der Waals surface area contributed by atoms with E-state index in [-0.39, 0.29) is 0 Å². The highest BCUT2D eigenvalue weighted by Crippen LogP contribution is 2.18. The fourth-order valence-corrected chi connectivity index (χ4v) is 2.65. The highest BCUT2D eigenvalue weighted by molar-refractivity contribution is 6.30. The smallest absolute Gasteiger partial charge is 0.254 e. The van der Waals surface area contributed by atoms with Crippen molar-refractivity contribution in [2.45, 2.75) is 19.8 Å². The Morgan fingerprint density at radius 2 is 2.17 bits per heavy atom. The van der Waals surface area contributed by atoms with E-state index < -0.39 is 0 Å². The van der Waals surface area contributed by atoms with Gasteiger partial charge in [-0.05, 0) is 24.6 Å². The molecule has 0 atom stereocenters. The molecule has 126 valence electrons. The summed E-state index contributed by atoms with van der Waals surface area (Å²) in [5, 5.41) is 4.93. The molecule has 0 aliphatic rings. The molecule has 0 unspecified atom stereocenters. The number of halogens is 1. The van der Waals surface area contributed by atoms with E-state index in [1.165, 1.54) is 6.33 Å². The SMILES string of the molecule is CCCc1cc(N(C)CCOc2cccc(Cl)c2)n2ncnc2n1. The van der Waals surface area contributed by atoms with Crippen LogP contribution in [0, 0.1) is 0 Å². The van der Waals surface area contributed by atoms with E-state index in [0.29, 0.717) is 24.0 Å². The molecule has 1 aromatic carbocycles.